The third-order valence-corrected chi connectivity index (χ3v) is 0. The molecule has 8 heteroatoms. The Morgan fingerprint density at radius 2 is 1.00 bits per heavy atom. The van der Waals surface area contributed by atoms with Crippen LogP contribution in [0.15, 0.2) is 0 Å². The lowest BCUT2D eigenvalue weighted by Crippen LogP contribution is -2.03. The molecule has 0 aliphatic heterocycles. The fourth-order valence-corrected chi connectivity index (χ4v) is 0. The summed E-state index contributed by atoms with van der Waals surface area (Å²) in [5.74, 6) is 0. The van der Waals surface area contributed by atoms with Gasteiger partial charge in [0.25, 0.3) is 0 Å². The summed E-state index contributed by atoms with van der Waals surface area (Å²) in [6.45, 7) is 0. The van der Waals surface area contributed by atoms with Crippen molar-refractivity contribution in [1.29, 1.82) is 0 Å². The maximum atomic E-state index is 8.78. The molecule has 0 spiro atoms. The van der Waals surface area contributed by atoms with Gasteiger partial charge in [0.05, 0.1) is 0 Å². The van der Waals surface area contributed by atoms with Gasteiger partial charge >= 0.3 is 12.2 Å². The second kappa shape index (κ2) is 15.7. The van der Waals surface area contributed by atoms with Crippen LogP contribution in [0.4, 0.5) is 9.59 Å². The van der Waals surface area contributed by atoms with Crippen molar-refractivity contribution in [3.05, 3.63) is 0 Å². The molecule has 0 unspecified atom stereocenters. The predicted octanol–water partition coefficient (Wildman–Crippen LogP) is 0.170. The van der Waals surface area contributed by atoms with E-state index in [1.54, 1.807) is 0 Å². The van der Waals surface area contributed by atoms with Gasteiger partial charge in [-0.05, 0) is 0 Å². The van der Waals surface area contributed by atoms with Crippen LogP contribution in [0, 0.1) is 0 Å². The lowest BCUT2D eigenvalue weighted by molar-refractivity contribution is 0.137. The van der Waals surface area contributed by atoms with Gasteiger partial charge in [-0.1, -0.05) is 0 Å². The van der Waals surface area contributed by atoms with Gasteiger partial charge in [-0.15, -0.1) is 0 Å². The summed E-state index contributed by atoms with van der Waals surface area (Å²) in [6.07, 6.45) is -3.17. The van der Waals surface area contributed by atoms with Gasteiger partial charge in [0.15, 0.2) is 0 Å². The van der Waals surface area contributed by atoms with E-state index in [0.717, 1.165) is 0 Å². The molecular weight excluding hydrogens is 146 g/mol. The van der Waals surface area contributed by atoms with Crippen molar-refractivity contribution in [3.63, 3.8) is 0 Å². The van der Waals surface area contributed by atoms with Gasteiger partial charge in [0, 0.05) is 0 Å². The van der Waals surface area contributed by atoms with Crippen molar-refractivity contribution in [1.82, 2.24) is 12.3 Å². The minimum Gasteiger partial charge on any atom is -0.465 e. The number of hydrogen-bond donors (Lipinski definition) is 6. The zero-order valence-corrected chi connectivity index (χ0v) is 5.15. The second-order valence-electron chi connectivity index (χ2n) is 0.621. The molecule has 0 aromatic heterocycles. The average Bonchev–Trinajstić information content (AvgIpc) is 1.25. The summed E-state index contributed by atoms with van der Waals surface area (Å²) in [4.78, 5) is 17.3. The summed E-state index contributed by atoms with van der Waals surface area (Å²) in [6, 6.07) is 0. The minimum atomic E-state index is -1.83. The molecule has 0 aromatic rings. The fraction of sp³-hybridized carbons (Fsp3) is 0. The summed E-state index contributed by atoms with van der Waals surface area (Å²) in [7, 11) is 0. The number of hydrogen-bond acceptors (Lipinski definition) is 4. The van der Waals surface area contributed by atoms with E-state index < -0.39 is 12.2 Å². The second-order valence-corrected chi connectivity index (χ2v) is 0.621. The zero-order valence-electron chi connectivity index (χ0n) is 5.15. The highest BCUT2D eigenvalue weighted by Gasteiger charge is 1.70. The first-order chi connectivity index (χ1) is 3.46. The van der Waals surface area contributed by atoms with Crippen LogP contribution >= 0.6 is 0 Å². The van der Waals surface area contributed by atoms with E-state index in [1.807, 2.05) is 0 Å². The molecule has 0 heterocycles. The Morgan fingerprint density at radius 3 is 1.00 bits per heavy atom. The standard InChI is InChI=1S/CH3NO2.CH2O3.2H3N/c2*2-1(3)4;;/h2H2,(H,3,4);(H2,2,3,4);2*1H3. The maximum absolute atomic E-state index is 8.78. The number of amides is 1. The number of rotatable bonds is 0. The largest absolute Gasteiger partial charge is 0.503 e. The molecule has 11 N–H and O–H groups in total. The molecule has 0 saturated heterocycles. The summed E-state index contributed by atoms with van der Waals surface area (Å²) in [5.41, 5.74) is 4.03. The Labute approximate surface area is 56.4 Å². The minimum absolute atomic E-state index is 0. The zero-order chi connectivity index (χ0) is 7.15. The first-order valence-electron chi connectivity index (χ1n) is 1.37. The van der Waals surface area contributed by atoms with E-state index in [1.165, 1.54) is 0 Å². The van der Waals surface area contributed by atoms with Crippen LogP contribution in [0.1, 0.15) is 0 Å². The van der Waals surface area contributed by atoms with E-state index in [9.17, 15) is 0 Å². The molecule has 1 amide bonds. The molecule has 0 radical (unpaired) electrons. The van der Waals surface area contributed by atoms with Crippen molar-refractivity contribution in [3.8, 4) is 0 Å². The van der Waals surface area contributed by atoms with Crippen molar-refractivity contribution >= 4 is 12.2 Å². The van der Waals surface area contributed by atoms with E-state index in [4.69, 9.17) is 24.9 Å². The summed E-state index contributed by atoms with van der Waals surface area (Å²) < 4.78 is 0. The number of carbonyl (C=O) groups is 2. The van der Waals surface area contributed by atoms with Gasteiger partial charge in [0.1, 0.15) is 0 Å². The highest BCUT2D eigenvalue weighted by Crippen LogP contribution is 1.42. The SMILES string of the molecule is N.N.NC(=O)O.O=C(O)O. The first kappa shape index (κ1) is 23.7. The molecule has 0 saturated carbocycles. The summed E-state index contributed by atoms with van der Waals surface area (Å²) in [5, 5.41) is 21.1. The average molecular weight is 157 g/mol. The van der Waals surface area contributed by atoms with Crippen LogP contribution in [-0.4, -0.2) is 27.6 Å². The number of carboxylic acid groups (broad SMARTS) is 3. The van der Waals surface area contributed by atoms with E-state index >= 15 is 0 Å². The Balaban J connectivity index is -0.0000000300. The summed E-state index contributed by atoms with van der Waals surface area (Å²) >= 11 is 0. The molecule has 8 nitrogen and oxygen atoms in total. The molecule has 0 bridgehead atoms. The van der Waals surface area contributed by atoms with Gasteiger partial charge in [-0.2, -0.15) is 0 Å². The van der Waals surface area contributed by atoms with Gasteiger partial charge in [-0.3, -0.25) is 0 Å². The Kier molecular flexibility index (Phi) is 37.0. The van der Waals surface area contributed by atoms with Crippen molar-refractivity contribution in [2.45, 2.75) is 0 Å². The van der Waals surface area contributed by atoms with Crippen LogP contribution in [0.25, 0.3) is 0 Å². The lowest BCUT2D eigenvalue weighted by atomic mass is 11.3. The monoisotopic (exact) mass is 157 g/mol. The van der Waals surface area contributed by atoms with Crippen molar-refractivity contribution < 1.29 is 24.9 Å². The molecule has 0 rings (SSSR count). The Bertz CT molecular complexity index is 72.9. The van der Waals surface area contributed by atoms with Crippen molar-refractivity contribution in [2.75, 3.05) is 0 Å². The molecule has 0 fully saturated rings. The van der Waals surface area contributed by atoms with Crippen LogP contribution < -0.4 is 18.0 Å². The molecule has 64 valence electrons. The molecule has 0 aliphatic carbocycles. The first-order valence-corrected chi connectivity index (χ1v) is 1.37. The van der Waals surface area contributed by atoms with Gasteiger partial charge < -0.3 is 33.4 Å². The number of nitrogens with two attached hydrogens (primary N) is 1. The van der Waals surface area contributed by atoms with Crippen LogP contribution in [0.5, 0.6) is 0 Å². The van der Waals surface area contributed by atoms with Gasteiger partial charge in [-0.25, -0.2) is 9.59 Å². The van der Waals surface area contributed by atoms with Crippen LogP contribution in [0.2, 0.25) is 0 Å². The van der Waals surface area contributed by atoms with Crippen LogP contribution in [0.3, 0.4) is 0 Å². The highest BCUT2D eigenvalue weighted by molar-refractivity contribution is 5.61. The molecule has 10 heavy (non-hydrogen) atoms. The quantitative estimate of drug-likeness (QED) is 0.288. The third kappa shape index (κ3) is 81.2. The number of primary amides is 1. The van der Waals surface area contributed by atoms with Gasteiger partial charge in [0.2, 0.25) is 0 Å². The smallest absolute Gasteiger partial charge is 0.465 e. The molecule has 0 aliphatic rings. The lowest BCUT2D eigenvalue weighted by Gasteiger charge is -1.61. The predicted molar refractivity (Wildman–Crippen MR) is 32.9 cm³/mol. The topological polar surface area (TPSA) is 191 Å². The van der Waals surface area contributed by atoms with Crippen LogP contribution in [-0.2, 0) is 0 Å². The molecular formula is C2H11N3O5. The normalized spacial score (nSPS) is 4.80. The molecule has 0 aromatic carbocycles. The Morgan fingerprint density at radius 1 is 1.00 bits per heavy atom. The third-order valence-electron chi connectivity index (χ3n) is 0. The van der Waals surface area contributed by atoms with E-state index in [2.05, 4.69) is 5.73 Å². The van der Waals surface area contributed by atoms with E-state index in [-0.39, 0.29) is 12.3 Å². The Hall–Kier alpha value is -1.54. The van der Waals surface area contributed by atoms with Crippen molar-refractivity contribution in [2.24, 2.45) is 5.73 Å². The molecule has 0 atom stereocenters. The maximum Gasteiger partial charge on any atom is 0.503 e. The fourth-order valence-electron chi connectivity index (χ4n) is 0. The van der Waals surface area contributed by atoms with E-state index in [0.29, 0.717) is 0 Å². The highest BCUT2D eigenvalue weighted by atomic mass is 16.6.